The molecule has 3 heterocycles. The van der Waals surface area contributed by atoms with E-state index in [1.165, 1.54) is 5.69 Å². The first-order chi connectivity index (χ1) is 9.46. The maximum Gasteiger partial charge on any atom is 0.139 e. The Morgan fingerprint density at radius 3 is 2.85 bits per heavy atom. The summed E-state index contributed by atoms with van der Waals surface area (Å²) in [6, 6.07) is 0.485. The van der Waals surface area contributed by atoms with Gasteiger partial charge in [-0.3, -0.25) is 0 Å². The number of hydrogen-bond donors (Lipinski definition) is 1. The summed E-state index contributed by atoms with van der Waals surface area (Å²) in [6.45, 7) is 9.59. The number of halogens is 1. The van der Waals surface area contributed by atoms with E-state index < -0.39 is 0 Å². The zero-order valence-electron chi connectivity index (χ0n) is 12.6. The van der Waals surface area contributed by atoms with E-state index in [4.69, 9.17) is 9.84 Å². The molecule has 2 aliphatic heterocycles. The molecule has 0 spiro atoms. The van der Waals surface area contributed by atoms with E-state index in [2.05, 4.69) is 46.7 Å². The minimum absolute atomic E-state index is 0.249. The number of ether oxygens (including phenoxy) is 1. The normalized spacial score (nSPS) is 26.4. The first-order valence-corrected chi connectivity index (χ1v) is 8.33. The average molecular weight is 342 g/mol. The molecule has 1 fully saturated rings. The topological polar surface area (TPSA) is 39.1 Å². The minimum Gasteiger partial charge on any atom is -0.381 e. The highest BCUT2D eigenvalue weighted by Crippen LogP contribution is 2.39. The second-order valence-electron chi connectivity index (χ2n) is 7.20. The van der Waals surface area contributed by atoms with Crippen LogP contribution in [0.1, 0.15) is 45.3 Å². The molecule has 112 valence electrons. The van der Waals surface area contributed by atoms with Crippen molar-refractivity contribution in [3.8, 4) is 0 Å². The third-order valence-corrected chi connectivity index (χ3v) is 5.01. The fourth-order valence-electron chi connectivity index (χ4n) is 3.23. The molecule has 20 heavy (non-hydrogen) atoms. The van der Waals surface area contributed by atoms with Crippen LogP contribution in [0.25, 0.3) is 0 Å². The lowest BCUT2D eigenvalue weighted by Gasteiger charge is -2.29. The molecule has 2 atom stereocenters. The van der Waals surface area contributed by atoms with Gasteiger partial charge in [-0.15, -0.1) is 0 Å². The molecule has 2 unspecified atom stereocenters. The van der Waals surface area contributed by atoms with Crippen LogP contribution in [0.4, 0.5) is 5.82 Å². The van der Waals surface area contributed by atoms with E-state index >= 15 is 0 Å². The van der Waals surface area contributed by atoms with Crippen molar-refractivity contribution in [2.75, 3.05) is 25.1 Å². The van der Waals surface area contributed by atoms with Crippen LogP contribution in [0.3, 0.4) is 0 Å². The third-order valence-electron chi connectivity index (χ3n) is 4.17. The molecule has 4 nitrogen and oxygen atoms in total. The highest BCUT2D eigenvalue weighted by molar-refractivity contribution is 9.10. The molecule has 1 saturated heterocycles. The summed E-state index contributed by atoms with van der Waals surface area (Å²) in [5.74, 6) is 1.78. The van der Waals surface area contributed by atoms with Gasteiger partial charge in [0.05, 0.1) is 22.8 Å². The Morgan fingerprint density at radius 1 is 1.40 bits per heavy atom. The van der Waals surface area contributed by atoms with Crippen molar-refractivity contribution >= 4 is 21.7 Å². The molecule has 5 heteroatoms. The van der Waals surface area contributed by atoms with Crippen molar-refractivity contribution in [2.45, 2.75) is 46.1 Å². The van der Waals surface area contributed by atoms with Crippen molar-refractivity contribution in [1.29, 1.82) is 0 Å². The zero-order valence-corrected chi connectivity index (χ0v) is 14.2. The molecule has 3 rings (SSSR count). The van der Waals surface area contributed by atoms with E-state index in [0.29, 0.717) is 12.0 Å². The first kappa shape index (κ1) is 14.4. The summed E-state index contributed by atoms with van der Waals surface area (Å²) in [5.41, 5.74) is 1.42. The number of rotatable bonds is 2. The van der Waals surface area contributed by atoms with Crippen LogP contribution in [0.2, 0.25) is 0 Å². The van der Waals surface area contributed by atoms with Crippen LogP contribution in [0.15, 0.2) is 4.47 Å². The molecule has 0 bridgehead atoms. The highest BCUT2D eigenvalue weighted by Gasteiger charge is 2.33. The largest absolute Gasteiger partial charge is 0.381 e. The summed E-state index contributed by atoms with van der Waals surface area (Å²) in [4.78, 5) is 0. The molecule has 1 aromatic heterocycles. The van der Waals surface area contributed by atoms with Gasteiger partial charge in [0.2, 0.25) is 0 Å². The van der Waals surface area contributed by atoms with Crippen molar-refractivity contribution in [3.05, 3.63) is 10.2 Å². The highest BCUT2D eigenvalue weighted by atomic mass is 79.9. The van der Waals surface area contributed by atoms with Crippen LogP contribution >= 0.6 is 15.9 Å². The average Bonchev–Trinajstić information content (AvgIpc) is 2.97. The summed E-state index contributed by atoms with van der Waals surface area (Å²) in [5, 5.41) is 8.42. The Bertz CT molecular complexity index is 486. The molecule has 0 radical (unpaired) electrons. The van der Waals surface area contributed by atoms with Gasteiger partial charge < -0.3 is 10.1 Å². The molecule has 0 aliphatic carbocycles. The Labute approximate surface area is 129 Å². The van der Waals surface area contributed by atoms with Gasteiger partial charge in [-0.05, 0) is 40.6 Å². The number of hydrogen-bond acceptors (Lipinski definition) is 3. The summed E-state index contributed by atoms with van der Waals surface area (Å²) in [6.07, 6.45) is 3.30. The SMILES string of the molecule is CC(C)(C)Cc1nn2c(c1Br)NCCC2C1CCOC1. The molecule has 0 saturated carbocycles. The Balaban J connectivity index is 1.91. The molecular formula is C15H24BrN3O. The van der Waals surface area contributed by atoms with E-state index in [1.54, 1.807) is 0 Å². The van der Waals surface area contributed by atoms with Gasteiger partial charge in [-0.25, -0.2) is 4.68 Å². The fourth-order valence-corrected chi connectivity index (χ4v) is 3.77. The van der Waals surface area contributed by atoms with Crippen LogP contribution < -0.4 is 5.32 Å². The molecule has 0 aromatic carbocycles. The van der Waals surface area contributed by atoms with Crippen LogP contribution in [0.5, 0.6) is 0 Å². The number of anilines is 1. The molecule has 2 aliphatic rings. The number of nitrogens with zero attached hydrogens (tertiary/aromatic N) is 2. The number of aromatic nitrogens is 2. The lowest BCUT2D eigenvalue weighted by atomic mass is 9.91. The van der Waals surface area contributed by atoms with Gasteiger partial charge in [0.15, 0.2) is 0 Å². The fraction of sp³-hybridized carbons (Fsp3) is 0.800. The smallest absolute Gasteiger partial charge is 0.139 e. The van der Waals surface area contributed by atoms with Crippen molar-refractivity contribution in [1.82, 2.24) is 9.78 Å². The van der Waals surface area contributed by atoms with E-state index in [-0.39, 0.29) is 5.41 Å². The second kappa shape index (κ2) is 5.34. The van der Waals surface area contributed by atoms with Gasteiger partial charge in [0.25, 0.3) is 0 Å². The van der Waals surface area contributed by atoms with Crippen LogP contribution in [-0.4, -0.2) is 29.5 Å². The predicted molar refractivity (Wildman–Crippen MR) is 84.2 cm³/mol. The van der Waals surface area contributed by atoms with E-state index in [1.807, 2.05) is 0 Å². The number of nitrogens with one attached hydrogen (secondary N) is 1. The Hall–Kier alpha value is -0.550. The maximum absolute atomic E-state index is 5.57. The quantitative estimate of drug-likeness (QED) is 0.892. The second-order valence-corrected chi connectivity index (χ2v) is 7.99. The summed E-state index contributed by atoms with van der Waals surface area (Å²) < 4.78 is 8.94. The van der Waals surface area contributed by atoms with Crippen molar-refractivity contribution < 1.29 is 4.74 Å². The first-order valence-electron chi connectivity index (χ1n) is 7.54. The monoisotopic (exact) mass is 341 g/mol. The van der Waals surface area contributed by atoms with Crippen LogP contribution in [0, 0.1) is 11.3 Å². The lowest BCUT2D eigenvalue weighted by Crippen LogP contribution is -2.29. The van der Waals surface area contributed by atoms with Gasteiger partial charge in [-0.1, -0.05) is 20.8 Å². The van der Waals surface area contributed by atoms with Gasteiger partial charge >= 0.3 is 0 Å². The maximum atomic E-state index is 5.57. The summed E-state index contributed by atoms with van der Waals surface area (Å²) >= 11 is 3.75. The Morgan fingerprint density at radius 2 is 2.20 bits per heavy atom. The van der Waals surface area contributed by atoms with Crippen LogP contribution in [-0.2, 0) is 11.2 Å². The standard InChI is InChI=1S/C15H24BrN3O/c1-15(2,3)8-11-13(16)14-17-6-4-12(19(14)18-11)10-5-7-20-9-10/h10,12,17H,4-9H2,1-3H3. The molecular weight excluding hydrogens is 318 g/mol. The molecule has 1 N–H and O–H groups in total. The molecule has 1 aromatic rings. The molecule has 0 amide bonds. The van der Waals surface area contributed by atoms with Gasteiger partial charge in [-0.2, -0.15) is 5.10 Å². The third kappa shape index (κ3) is 2.75. The van der Waals surface area contributed by atoms with Crippen molar-refractivity contribution in [3.63, 3.8) is 0 Å². The van der Waals surface area contributed by atoms with Gasteiger partial charge in [0.1, 0.15) is 5.82 Å². The minimum atomic E-state index is 0.249. The zero-order chi connectivity index (χ0) is 14.3. The van der Waals surface area contributed by atoms with Crippen molar-refractivity contribution in [2.24, 2.45) is 11.3 Å². The lowest BCUT2D eigenvalue weighted by molar-refractivity contribution is 0.167. The predicted octanol–water partition coefficient (Wildman–Crippen LogP) is 3.63. The van der Waals surface area contributed by atoms with Gasteiger partial charge in [0, 0.05) is 19.1 Å². The summed E-state index contributed by atoms with van der Waals surface area (Å²) in [7, 11) is 0. The number of fused-ring (bicyclic) bond motifs is 1. The van der Waals surface area contributed by atoms with E-state index in [9.17, 15) is 0 Å². The van der Waals surface area contributed by atoms with E-state index in [0.717, 1.165) is 49.3 Å². The Kier molecular flexibility index (Phi) is 3.84.